The fourth-order valence-electron chi connectivity index (χ4n) is 2.02. The molecule has 0 aliphatic rings. The molecule has 0 aromatic carbocycles. The summed E-state index contributed by atoms with van der Waals surface area (Å²) < 4.78 is 1.19. The molecule has 2 aromatic heterocycles. The van der Waals surface area contributed by atoms with Crippen molar-refractivity contribution in [3.05, 3.63) is 57.8 Å². The first-order valence-electron chi connectivity index (χ1n) is 7.28. The third-order valence-corrected chi connectivity index (χ3v) is 3.39. The Hall–Kier alpha value is -2.50. The van der Waals surface area contributed by atoms with Gasteiger partial charge in [0.05, 0.1) is 5.69 Å². The zero-order chi connectivity index (χ0) is 15.9. The molecule has 0 fully saturated rings. The number of carbonyl (C=O) groups is 1. The van der Waals surface area contributed by atoms with Gasteiger partial charge in [-0.25, -0.2) is 4.68 Å². The van der Waals surface area contributed by atoms with Crippen LogP contribution in [0.2, 0.25) is 0 Å². The lowest BCUT2D eigenvalue weighted by Gasteiger charge is -2.08. The lowest BCUT2D eigenvalue weighted by molar-refractivity contribution is -0.121. The molecule has 0 atom stereocenters. The Balaban J connectivity index is 1.79. The zero-order valence-corrected chi connectivity index (χ0v) is 12.9. The molecule has 0 bridgehead atoms. The van der Waals surface area contributed by atoms with E-state index >= 15 is 0 Å². The summed E-state index contributed by atoms with van der Waals surface area (Å²) in [5.41, 5.74) is 2.33. The van der Waals surface area contributed by atoms with E-state index < -0.39 is 0 Å². The molecule has 1 amide bonds. The number of hydrogen-bond donors (Lipinski definition) is 1. The van der Waals surface area contributed by atoms with Gasteiger partial charge in [0.15, 0.2) is 0 Å². The molecule has 22 heavy (non-hydrogen) atoms. The van der Waals surface area contributed by atoms with E-state index in [2.05, 4.69) is 15.4 Å². The quantitative estimate of drug-likeness (QED) is 0.808. The third kappa shape index (κ3) is 4.51. The molecule has 6 nitrogen and oxygen atoms in total. The van der Waals surface area contributed by atoms with Crippen molar-refractivity contribution >= 4 is 5.91 Å². The van der Waals surface area contributed by atoms with Gasteiger partial charge in [0.2, 0.25) is 5.91 Å². The highest BCUT2D eigenvalue weighted by molar-refractivity contribution is 5.75. The summed E-state index contributed by atoms with van der Waals surface area (Å²) in [6.07, 6.45) is 3.37. The standard InChI is InChI=1S/C16H20N4O2/c1-12-10-16(22)20(19-13(12)2)11-15(21)18-9-5-7-14-6-3-4-8-17-14/h3-4,6,8,10H,5,7,9,11H2,1-2H3,(H,18,21). The van der Waals surface area contributed by atoms with E-state index in [1.165, 1.54) is 10.7 Å². The van der Waals surface area contributed by atoms with E-state index in [9.17, 15) is 9.59 Å². The number of amides is 1. The number of aromatic nitrogens is 3. The van der Waals surface area contributed by atoms with Gasteiger partial charge in [-0.2, -0.15) is 5.10 Å². The number of nitrogens with one attached hydrogen (secondary N) is 1. The van der Waals surface area contributed by atoms with Crippen molar-refractivity contribution in [3.63, 3.8) is 0 Å². The van der Waals surface area contributed by atoms with Crippen LogP contribution < -0.4 is 10.9 Å². The first-order valence-corrected chi connectivity index (χ1v) is 7.28. The fraction of sp³-hybridized carbons (Fsp3) is 0.375. The van der Waals surface area contributed by atoms with Crippen LogP contribution in [0.1, 0.15) is 23.4 Å². The van der Waals surface area contributed by atoms with Crippen LogP contribution in [0.15, 0.2) is 35.3 Å². The van der Waals surface area contributed by atoms with Crippen LogP contribution in [0.3, 0.4) is 0 Å². The molecular formula is C16H20N4O2. The van der Waals surface area contributed by atoms with Crippen LogP contribution in [-0.4, -0.2) is 27.2 Å². The van der Waals surface area contributed by atoms with Gasteiger partial charge >= 0.3 is 0 Å². The lowest BCUT2D eigenvalue weighted by Crippen LogP contribution is -2.34. The van der Waals surface area contributed by atoms with Gasteiger partial charge in [-0.1, -0.05) is 6.07 Å². The Bertz CT molecular complexity index is 695. The molecular weight excluding hydrogens is 280 g/mol. The van der Waals surface area contributed by atoms with Crippen molar-refractivity contribution in [2.45, 2.75) is 33.2 Å². The van der Waals surface area contributed by atoms with Gasteiger partial charge in [0.25, 0.3) is 5.56 Å². The van der Waals surface area contributed by atoms with Gasteiger partial charge < -0.3 is 5.32 Å². The first kappa shape index (κ1) is 15.9. The molecule has 0 unspecified atom stereocenters. The van der Waals surface area contributed by atoms with Crippen molar-refractivity contribution in [3.8, 4) is 0 Å². The van der Waals surface area contributed by atoms with Gasteiger partial charge in [0, 0.05) is 24.5 Å². The molecule has 0 aliphatic heterocycles. The molecule has 0 aliphatic carbocycles. The van der Waals surface area contributed by atoms with Crippen LogP contribution in [0.25, 0.3) is 0 Å². The number of nitrogens with zero attached hydrogens (tertiary/aromatic N) is 3. The Morgan fingerprint density at radius 2 is 2.14 bits per heavy atom. The molecule has 0 saturated heterocycles. The van der Waals surface area contributed by atoms with Crippen LogP contribution in [0.4, 0.5) is 0 Å². The number of hydrogen-bond acceptors (Lipinski definition) is 4. The van der Waals surface area contributed by atoms with Gasteiger partial charge in [0.1, 0.15) is 6.54 Å². The largest absolute Gasteiger partial charge is 0.354 e. The normalized spacial score (nSPS) is 10.5. The topological polar surface area (TPSA) is 76.9 Å². The van der Waals surface area contributed by atoms with Crippen molar-refractivity contribution in [2.75, 3.05) is 6.54 Å². The van der Waals surface area contributed by atoms with Crippen molar-refractivity contribution in [2.24, 2.45) is 0 Å². The minimum atomic E-state index is -0.258. The molecule has 2 heterocycles. The predicted molar refractivity (Wildman–Crippen MR) is 83.5 cm³/mol. The molecule has 0 spiro atoms. The summed E-state index contributed by atoms with van der Waals surface area (Å²) in [6.45, 7) is 4.14. The Morgan fingerprint density at radius 3 is 2.86 bits per heavy atom. The minimum absolute atomic E-state index is 0.0520. The van der Waals surface area contributed by atoms with Crippen LogP contribution >= 0.6 is 0 Å². The van der Waals surface area contributed by atoms with E-state index in [4.69, 9.17) is 0 Å². The lowest BCUT2D eigenvalue weighted by atomic mass is 10.2. The molecule has 1 N–H and O–H groups in total. The average Bonchev–Trinajstić information content (AvgIpc) is 2.50. The molecule has 2 rings (SSSR count). The maximum Gasteiger partial charge on any atom is 0.267 e. The number of aryl methyl sites for hydroxylation is 3. The maximum absolute atomic E-state index is 11.8. The van der Waals surface area contributed by atoms with Gasteiger partial charge in [-0.05, 0) is 44.4 Å². The second-order valence-corrected chi connectivity index (χ2v) is 5.18. The second-order valence-electron chi connectivity index (χ2n) is 5.18. The first-order chi connectivity index (χ1) is 10.6. The molecule has 0 saturated carbocycles. The number of pyridine rings is 1. The average molecular weight is 300 g/mol. The summed E-state index contributed by atoms with van der Waals surface area (Å²) >= 11 is 0. The molecule has 6 heteroatoms. The van der Waals surface area contributed by atoms with Crippen LogP contribution in [0.5, 0.6) is 0 Å². The smallest absolute Gasteiger partial charge is 0.267 e. The van der Waals surface area contributed by atoms with Crippen LogP contribution in [-0.2, 0) is 17.8 Å². The Morgan fingerprint density at radius 1 is 1.32 bits per heavy atom. The maximum atomic E-state index is 11.8. The summed E-state index contributed by atoms with van der Waals surface area (Å²) in [4.78, 5) is 27.8. The molecule has 2 aromatic rings. The van der Waals surface area contributed by atoms with E-state index in [-0.39, 0.29) is 18.0 Å². The number of carbonyl (C=O) groups excluding carboxylic acids is 1. The molecule has 0 radical (unpaired) electrons. The van der Waals surface area contributed by atoms with Crippen molar-refractivity contribution < 1.29 is 4.79 Å². The summed E-state index contributed by atoms with van der Waals surface area (Å²) in [5, 5.41) is 6.92. The Labute approximate surface area is 129 Å². The van der Waals surface area contributed by atoms with Crippen molar-refractivity contribution in [1.29, 1.82) is 0 Å². The van der Waals surface area contributed by atoms with E-state index in [0.717, 1.165) is 29.8 Å². The highest BCUT2D eigenvalue weighted by atomic mass is 16.2. The highest BCUT2D eigenvalue weighted by Crippen LogP contribution is 1.98. The number of rotatable bonds is 6. The predicted octanol–water partition coefficient (Wildman–Crippen LogP) is 1.00. The fourth-order valence-corrected chi connectivity index (χ4v) is 2.02. The summed E-state index contributed by atoms with van der Waals surface area (Å²) in [6, 6.07) is 7.27. The van der Waals surface area contributed by atoms with E-state index in [1.54, 1.807) is 6.20 Å². The zero-order valence-electron chi connectivity index (χ0n) is 12.9. The van der Waals surface area contributed by atoms with E-state index in [1.807, 2.05) is 32.0 Å². The minimum Gasteiger partial charge on any atom is -0.354 e. The third-order valence-electron chi connectivity index (χ3n) is 3.39. The van der Waals surface area contributed by atoms with E-state index in [0.29, 0.717) is 6.54 Å². The second kappa shape index (κ2) is 7.49. The van der Waals surface area contributed by atoms with Gasteiger partial charge in [-0.15, -0.1) is 0 Å². The molecule has 116 valence electrons. The summed E-state index contributed by atoms with van der Waals surface area (Å²) in [7, 11) is 0. The van der Waals surface area contributed by atoms with Gasteiger partial charge in [-0.3, -0.25) is 14.6 Å². The Kier molecular flexibility index (Phi) is 5.41. The monoisotopic (exact) mass is 300 g/mol. The summed E-state index contributed by atoms with van der Waals surface area (Å²) in [5.74, 6) is -0.209. The highest BCUT2D eigenvalue weighted by Gasteiger charge is 2.07. The van der Waals surface area contributed by atoms with Crippen LogP contribution in [0, 0.1) is 13.8 Å². The SMILES string of the molecule is Cc1cc(=O)n(CC(=O)NCCCc2ccccn2)nc1C. The van der Waals surface area contributed by atoms with Crippen molar-refractivity contribution in [1.82, 2.24) is 20.1 Å².